The number of benzene rings is 1. The van der Waals surface area contributed by atoms with E-state index in [0.717, 1.165) is 7.11 Å². The van der Waals surface area contributed by atoms with Crippen LogP contribution in [0.4, 0.5) is 0 Å². The molecular weight excluding hydrogens is 186 g/mol. The van der Waals surface area contributed by atoms with Crippen LogP contribution >= 0.6 is 0 Å². The first-order valence-electron chi connectivity index (χ1n) is 3.83. The summed E-state index contributed by atoms with van der Waals surface area (Å²) in [6.07, 6.45) is 0. The van der Waals surface area contributed by atoms with Gasteiger partial charge in [0, 0.05) is 7.11 Å². The highest BCUT2D eigenvalue weighted by Crippen LogP contribution is 2.19. The molecule has 2 rings (SSSR count). The molecule has 0 saturated carbocycles. The highest BCUT2D eigenvalue weighted by atomic mass is 16.5. The van der Waals surface area contributed by atoms with Crippen molar-refractivity contribution in [2.45, 2.75) is 0 Å². The van der Waals surface area contributed by atoms with E-state index in [1.54, 1.807) is 12.1 Å². The van der Waals surface area contributed by atoms with Gasteiger partial charge in [-0.05, 0) is 12.1 Å². The van der Waals surface area contributed by atoms with Crippen molar-refractivity contribution < 1.29 is 19.9 Å². The van der Waals surface area contributed by atoms with Gasteiger partial charge in [-0.1, -0.05) is 12.1 Å². The summed E-state index contributed by atoms with van der Waals surface area (Å²) in [5, 5.41) is 16.1. The van der Waals surface area contributed by atoms with Gasteiger partial charge in [-0.2, -0.15) is 0 Å². The van der Waals surface area contributed by atoms with Crippen LogP contribution in [-0.4, -0.2) is 34.3 Å². The van der Waals surface area contributed by atoms with Gasteiger partial charge >= 0.3 is 0 Å². The number of hydroxylamine groups is 2. The van der Waals surface area contributed by atoms with Gasteiger partial charge in [0.05, 0.1) is 11.1 Å². The van der Waals surface area contributed by atoms with E-state index in [9.17, 15) is 9.59 Å². The van der Waals surface area contributed by atoms with E-state index in [2.05, 4.69) is 0 Å². The summed E-state index contributed by atoms with van der Waals surface area (Å²) in [6, 6.07) is 6.30. The van der Waals surface area contributed by atoms with E-state index >= 15 is 0 Å². The molecule has 2 N–H and O–H groups in total. The fraction of sp³-hybridized carbons (Fsp3) is 0.111. The minimum atomic E-state index is -0.657. The molecule has 1 aromatic carbocycles. The van der Waals surface area contributed by atoms with Crippen LogP contribution in [-0.2, 0) is 0 Å². The second kappa shape index (κ2) is 3.99. The average Bonchev–Trinajstić information content (AvgIpc) is 2.48. The molecule has 2 amide bonds. The average molecular weight is 195 g/mol. The molecule has 14 heavy (non-hydrogen) atoms. The lowest BCUT2D eigenvalue weighted by molar-refractivity contribution is -0.0327. The maximum absolute atomic E-state index is 11.1. The SMILES string of the molecule is CO.O=C1c2ccccc2C(=O)N1O. The Labute approximate surface area is 80.2 Å². The summed E-state index contributed by atoms with van der Waals surface area (Å²) in [7, 11) is 1.00. The lowest BCUT2D eigenvalue weighted by atomic mass is 10.1. The van der Waals surface area contributed by atoms with E-state index in [4.69, 9.17) is 10.3 Å². The van der Waals surface area contributed by atoms with E-state index in [-0.39, 0.29) is 16.2 Å². The second-order valence-electron chi connectivity index (χ2n) is 2.47. The van der Waals surface area contributed by atoms with Gasteiger partial charge in [-0.3, -0.25) is 14.8 Å². The van der Waals surface area contributed by atoms with E-state index in [1.807, 2.05) is 0 Å². The number of carbonyl (C=O) groups excluding carboxylic acids is 2. The Morgan fingerprint density at radius 1 is 1.00 bits per heavy atom. The quantitative estimate of drug-likeness (QED) is 0.460. The van der Waals surface area contributed by atoms with Crippen molar-refractivity contribution in [3.05, 3.63) is 35.4 Å². The number of imide groups is 1. The molecule has 5 heteroatoms. The number of aliphatic hydroxyl groups is 1. The van der Waals surface area contributed by atoms with Crippen molar-refractivity contribution in [3.63, 3.8) is 0 Å². The number of carbonyl (C=O) groups is 2. The van der Waals surface area contributed by atoms with Gasteiger partial charge < -0.3 is 5.11 Å². The monoisotopic (exact) mass is 195 g/mol. The summed E-state index contributed by atoms with van der Waals surface area (Å²) < 4.78 is 0. The number of nitrogens with zero attached hydrogens (tertiary/aromatic N) is 1. The van der Waals surface area contributed by atoms with Crippen LogP contribution in [0, 0.1) is 0 Å². The maximum atomic E-state index is 11.1. The summed E-state index contributed by atoms with van der Waals surface area (Å²) in [5.41, 5.74) is 0.509. The van der Waals surface area contributed by atoms with Crippen LogP contribution in [0.25, 0.3) is 0 Å². The number of hydrogen-bond acceptors (Lipinski definition) is 4. The van der Waals surface area contributed by atoms with Crippen LogP contribution in [0.3, 0.4) is 0 Å². The minimum Gasteiger partial charge on any atom is -0.400 e. The topological polar surface area (TPSA) is 77.8 Å². The Hall–Kier alpha value is -1.72. The molecule has 0 unspecified atom stereocenters. The Morgan fingerprint density at radius 2 is 1.36 bits per heavy atom. The van der Waals surface area contributed by atoms with Crippen LogP contribution in [0.15, 0.2) is 24.3 Å². The van der Waals surface area contributed by atoms with Crippen molar-refractivity contribution >= 4 is 11.8 Å². The lowest BCUT2D eigenvalue weighted by Crippen LogP contribution is -2.25. The van der Waals surface area contributed by atoms with Gasteiger partial charge in [0.15, 0.2) is 0 Å². The molecular formula is C9H9NO4. The molecule has 0 spiro atoms. The molecule has 1 aliphatic rings. The summed E-state index contributed by atoms with van der Waals surface area (Å²) in [5.74, 6) is -1.31. The smallest absolute Gasteiger partial charge is 0.285 e. The third kappa shape index (κ3) is 1.39. The Balaban J connectivity index is 0.000000461. The zero-order valence-corrected chi connectivity index (χ0v) is 7.47. The summed E-state index contributed by atoms with van der Waals surface area (Å²) in [6.45, 7) is 0. The first-order valence-corrected chi connectivity index (χ1v) is 3.83. The normalized spacial score (nSPS) is 13.5. The first kappa shape index (κ1) is 10.4. The molecule has 0 atom stereocenters. The number of aliphatic hydroxyl groups excluding tert-OH is 1. The predicted octanol–water partition coefficient (Wildman–Crippen LogP) is 0.280. The molecule has 0 aromatic heterocycles. The summed E-state index contributed by atoms with van der Waals surface area (Å²) in [4.78, 5) is 22.1. The molecule has 0 aliphatic carbocycles. The van der Waals surface area contributed by atoms with E-state index in [0.29, 0.717) is 0 Å². The Kier molecular flexibility index (Phi) is 2.95. The van der Waals surface area contributed by atoms with Gasteiger partial charge in [-0.15, -0.1) is 5.06 Å². The van der Waals surface area contributed by atoms with Crippen LogP contribution < -0.4 is 0 Å². The number of fused-ring (bicyclic) bond motifs is 1. The molecule has 1 aliphatic heterocycles. The highest BCUT2D eigenvalue weighted by molar-refractivity contribution is 6.20. The van der Waals surface area contributed by atoms with Crippen LogP contribution in [0.5, 0.6) is 0 Å². The van der Waals surface area contributed by atoms with E-state index < -0.39 is 11.8 Å². The van der Waals surface area contributed by atoms with Crippen molar-refractivity contribution in [1.82, 2.24) is 5.06 Å². The van der Waals surface area contributed by atoms with Crippen LogP contribution in [0.1, 0.15) is 20.7 Å². The molecule has 74 valence electrons. The molecule has 1 heterocycles. The number of hydrogen-bond donors (Lipinski definition) is 2. The van der Waals surface area contributed by atoms with Gasteiger partial charge in [0.25, 0.3) is 11.8 Å². The molecule has 1 aromatic rings. The zero-order valence-electron chi connectivity index (χ0n) is 7.47. The lowest BCUT2D eigenvalue weighted by Gasteiger charge is -1.99. The molecule has 0 bridgehead atoms. The maximum Gasteiger partial charge on any atom is 0.285 e. The van der Waals surface area contributed by atoms with Crippen molar-refractivity contribution in [3.8, 4) is 0 Å². The number of rotatable bonds is 0. The zero-order chi connectivity index (χ0) is 10.7. The van der Waals surface area contributed by atoms with Crippen molar-refractivity contribution in [2.24, 2.45) is 0 Å². The fourth-order valence-electron chi connectivity index (χ4n) is 1.18. The van der Waals surface area contributed by atoms with E-state index in [1.165, 1.54) is 12.1 Å². The molecule has 5 nitrogen and oxygen atoms in total. The standard InChI is InChI=1S/C8H5NO3.CH4O/c10-7-5-3-1-2-4-6(5)8(11)9(7)12;1-2/h1-4,12H;2H,1H3. The second-order valence-corrected chi connectivity index (χ2v) is 2.47. The molecule has 0 radical (unpaired) electrons. The van der Waals surface area contributed by atoms with Crippen LogP contribution in [0.2, 0.25) is 0 Å². The van der Waals surface area contributed by atoms with Crippen molar-refractivity contribution in [2.75, 3.05) is 7.11 Å². The predicted molar refractivity (Wildman–Crippen MR) is 46.9 cm³/mol. The van der Waals surface area contributed by atoms with Gasteiger partial charge in [0.1, 0.15) is 0 Å². The number of amides is 2. The largest absolute Gasteiger partial charge is 0.400 e. The Bertz CT molecular complexity index is 340. The first-order chi connectivity index (χ1) is 6.72. The highest BCUT2D eigenvalue weighted by Gasteiger charge is 2.33. The molecule has 0 saturated heterocycles. The van der Waals surface area contributed by atoms with Gasteiger partial charge in [0.2, 0.25) is 0 Å². The van der Waals surface area contributed by atoms with Crippen molar-refractivity contribution in [1.29, 1.82) is 0 Å². The third-order valence-corrected chi connectivity index (χ3v) is 1.77. The summed E-state index contributed by atoms with van der Waals surface area (Å²) >= 11 is 0. The Morgan fingerprint density at radius 3 is 1.71 bits per heavy atom. The fourth-order valence-corrected chi connectivity index (χ4v) is 1.18. The molecule has 0 fully saturated rings. The minimum absolute atomic E-state index is 0.130. The van der Waals surface area contributed by atoms with Gasteiger partial charge in [-0.25, -0.2) is 0 Å². The third-order valence-electron chi connectivity index (χ3n) is 1.77.